The number of likely N-dealkylation sites (N-methyl/N-ethyl adjacent to an activating group) is 1. The normalized spacial score (nSPS) is 15.5. The van der Waals surface area contributed by atoms with Gasteiger partial charge < -0.3 is 10.6 Å². The van der Waals surface area contributed by atoms with Crippen molar-refractivity contribution in [2.45, 2.75) is 24.9 Å². The van der Waals surface area contributed by atoms with Crippen LogP contribution in [0, 0.1) is 0 Å². The van der Waals surface area contributed by atoms with Crippen molar-refractivity contribution in [1.82, 2.24) is 4.90 Å². The number of fused-ring (bicyclic) bond motifs is 1. The molecule has 3 rings (SSSR count). The molecular formula is C16H19ClN2O. The van der Waals surface area contributed by atoms with Gasteiger partial charge in [0.05, 0.1) is 5.54 Å². The third-order valence-corrected chi connectivity index (χ3v) is 3.79. The van der Waals surface area contributed by atoms with Crippen LogP contribution in [0.3, 0.4) is 0 Å². The number of nitrogens with two attached hydrogens (primary N) is 1. The second-order valence-electron chi connectivity index (χ2n) is 5.50. The first-order valence-electron chi connectivity index (χ1n) is 6.61. The van der Waals surface area contributed by atoms with Crippen LogP contribution in [0.2, 0.25) is 0 Å². The topological polar surface area (TPSA) is 46.3 Å². The number of hydrogen-bond acceptors (Lipinski definition) is 2. The van der Waals surface area contributed by atoms with Gasteiger partial charge in [-0.1, -0.05) is 36.4 Å². The van der Waals surface area contributed by atoms with Crippen LogP contribution in [0.4, 0.5) is 0 Å². The van der Waals surface area contributed by atoms with Crippen LogP contribution < -0.4 is 5.73 Å². The maximum atomic E-state index is 12.1. The standard InChI is InChI=1S/C16H18N2O.ClH/c1-18(15(19)16(17)8-9-16)11-12-6-7-13-4-2-3-5-14(13)10-12;/h2-7,10H,8-9,11,17H2,1H3;1H. The lowest BCUT2D eigenvalue weighted by molar-refractivity contribution is -0.132. The minimum atomic E-state index is -0.578. The van der Waals surface area contributed by atoms with E-state index in [1.807, 2.05) is 19.2 Å². The lowest BCUT2D eigenvalue weighted by Crippen LogP contribution is -2.43. The monoisotopic (exact) mass is 290 g/mol. The maximum absolute atomic E-state index is 12.1. The summed E-state index contributed by atoms with van der Waals surface area (Å²) in [7, 11) is 1.82. The molecule has 0 heterocycles. The third-order valence-electron chi connectivity index (χ3n) is 3.79. The van der Waals surface area contributed by atoms with Crippen molar-refractivity contribution in [1.29, 1.82) is 0 Å². The molecule has 1 saturated carbocycles. The fraction of sp³-hybridized carbons (Fsp3) is 0.312. The van der Waals surface area contributed by atoms with Gasteiger partial charge in [-0.3, -0.25) is 4.79 Å². The number of amides is 1. The molecule has 0 spiro atoms. The number of nitrogens with zero attached hydrogens (tertiary/aromatic N) is 1. The Morgan fingerprint density at radius 3 is 2.50 bits per heavy atom. The summed E-state index contributed by atoms with van der Waals surface area (Å²) in [5.41, 5.74) is 6.50. The van der Waals surface area contributed by atoms with E-state index in [4.69, 9.17) is 5.73 Å². The SMILES string of the molecule is CN(Cc1ccc2ccccc2c1)C(=O)C1(N)CC1.Cl. The molecule has 0 aromatic heterocycles. The Morgan fingerprint density at radius 1 is 1.20 bits per heavy atom. The van der Waals surface area contributed by atoms with Gasteiger partial charge in [0.1, 0.15) is 0 Å². The van der Waals surface area contributed by atoms with Gasteiger partial charge >= 0.3 is 0 Å². The number of halogens is 1. The molecule has 1 amide bonds. The molecule has 0 saturated heterocycles. The molecule has 0 unspecified atom stereocenters. The number of hydrogen-bond donors (Lipinski definition) is 1. The summed E-state index contributed by atoms with van der Waals surface area (Å²) >= 11 is 0. The average molecular weight is 291 g/mol. The summed E-state index contributed by atoms with van der Waals surface area (Å²) in [4.78, 5) is 13.8. The van der Waals surface area contributed by atoms with E-state index in [9.17, 15) is 4.79 Å². The van der Waals surface area contributed by atoms with Gasteiger partial charge in [0.15, 0.2) is 0 Å². The Labute approximate surface area is 125 Å². The Morgan fingerprint density at radius 2 is 1.85 bits per heavy atom. The maximum Gasteiger partial charge on any atom is 0.242 e. The second-order valence-corrected chi connectivity index (χ2v) is 5.50. The van der Waals surface area contributed by atoms with Gasteiger partial charge in [-0.25, -0.2) is 0 Å². The molecular weight excluding hydrogens is 272 g/mol. The smallest absolute Gasteiger partial charge is 0.242 e. The fourth-order valence-electron chi connectivity index (χ4n) is 2.41. The molecule has 0 aliphatic heterocycles. The Bertz CT molecular complexity index is 637. The molecule has 3 nitrogen and oxygen atoms in total. The molecule has 106 valence electrons. The van der Waals surface area contributed by atoms with Crippen molar-refractivity contribution in [2.24, 2.45) is 5.73 Å². The van der Waals surface area contributed by atoms with E-state index >= 15 is 0 Å². The molecule has 2 N–H and O–H groups in total. The summed E-state index contributed by atoms with van der Waals surface area (Å²) in [6.45, 7) is 0.614. The average Bonchev–Trinajstić information content (AvgIpc) is 3.17. The Hall–Kier alpha value is -1.58. The van der Waals surface area contributed by atoms with Gasteiger partial charge in [-0.2, -0.15) is 0 Å². The van der Waals surface area contributed by atoms with E-state index < -0.39 is 5.54 Å². The van der Waals surface area contributed by atoms with E-state index in [0.29, 0.717) is 6.54 Å². The van der Waals surface area contributed by atoms with Crippen molar-refractivity contribution in [3.8, 4) is 0 Å². The summed E-state index contributed by atoms with van der Waals surface area (Å²) < 4.78 is 0. The molecule has 1 aliphatic rings. The minimum absolute atomic E-state index is 0. The minimum Gasteiger partial charge on any atom is -0.340 e. The zero-order valence-corrected chi connectivity index (χ0v) is 12.3. The first-order chi connectivity index (χ1) is 9.08. The highest BCUT2D eigenvalue weighted by atomic mass is 35.5. The molecule has 2 aromatic carbocycles. The number of carbonyl (C=O) groups excluding carboxylic acids is 1. The zero-order chi connectivity index (χ0) is 13.5. The number of rotatable bonds is 3. The predicted molar refractivity (Wildman–Crippen MR) is 83.8 cm³/mol. The molecule has 0 atom stereocenters. The lowest BCUT2D eigenvalue weighted by atomic mass is 10.1. The van der Waals surface area contributed by atoms with Crippen molar-refractivity contribution in [2.75, 3.05) is 7.05 Å². The van der Waals surface area contributed by atoms with Gasteiger partial charge in [0.25, 0.3) is 0 Å². The van der Waals surface area contributed by atoms with Crippen LogP contribution in [0.1, 0.15) is 18.4 Å². The van der Waals surface area contributed by atoms with E-state index in [1.165, 1.54) is 10.8 Å². The second kappa shape index (κ2) is 5.43. The fourth-order valence-corrected chi connectivity index (χ4v) is 2.41. The predicted octanol–water partition coefficient (Wildman–Crippen LogP) is 2.71. The molecule has 1 fully saturated rings. The Kier molecular flexibility index (Phi) is 4.02. The summed E-state index contributed by atoms with van der Waals surface area (Å²) in [6, 6.07) is 14.5. The van der Waals surface area contributed by atoms with E-state index in [0.717, 1.165) is 18.4 Å². The van der Waals surface area contributed by atoms with Crippen LogP contribution in [-0.4, -0.2) is 23.4 Å². The van der Waals surface area contributed by atoms with Crippen molar-refractivity contribution in [3.63, 3.8) is 0 Å². The number of carbonyl (C=O) groups is 1. The quantitative estimate of drug-likeness (QED) is 0.945. The molecule has 0 radical (unpaired) electrons. The Balaban J connectivity index is 0.00000147. The van der Waals surface area contributed by atoms with E-state index in [1.54, 1.807) is 4.90 Å². The zero-order valence-electron chi connectivity index (χ0n) is 11.5. The van der Waals surface area contributed by atoms with Crippen LogP contribution in [0.25, 0.3) is 10.8 Å². The van der Waals surface area contributed by atoms with Crippen LogP contribution in [0.15, 0.2) is 42.5 Å². The highest BCUT2D eigenvalue weighted by Gasteiger charge is 2.47. The van der Waals surface area contributed by atoms with Crippen LogP contribution in [0.5, 0.6) is 0 Å². The molecule has 0 bridgehead atoms. The molecule has 2 aromatic rings. The highest BCUT2D eigenvalue weighted by Crippen LogP contribution is 2.34. The summed E-state index contributed by atoms with van der Waals surface area (Å²) in [5, 5.41) is 2.42. The summed E-state index contributed by atoms with van der Waals surface area (Å²) in [5.74, 6) is 0.0562. The highest BCUT2D eigenvalue weighted by molar-refractivity contribution is 5.89. The van der Waals surface area contributed by atoms with Crippen LogP contribution in [-0.2, 0) is 11.3 Å². The number of benzene rings is 2. The molecule has 20 heavy (non-hydrogen) atoms. The first-order valence-corrected chi connectivity index (χ1v) is 6.61. The molecule has 4 heteroatoms. The van der Waals surface area contributed by atoms with E-state index in [-0.39, 0.29) is 18.3 Å². The third kappa shape index (κ3) is 2.79. The molecule has 1 aliphatic carbocycles. The van der Waals surface area contributed by atoms with E-state index in [2.05, 4.69) is 30.3 Å². The van der Waals surface area contributed by atoms with Gasteiger partial charge in [-0.05, 0) is 35.2 Å². The van der Waals surface area contributed by atoms with Crippen molar-refractivity contribution in [3.05, 3.63) is 48.0 Å². The van der Waals surface area contributed by atoms with Gasteiger partial charge in [0, 0.05) is 13.6 Å². The lowest BCUT2D eigenvalue weighted by Gasteiger charge is -2.21. The van der Waals surface area contributed by atoms with Gasteiger partial charge in [0.2, 0.25) is 5.91 Å². The largest absolute Gasteiger partial charge is 0.340 e. The van der Waals surface area contributed by atoms with Crippen molar-refractivity contribution < 1.29 is 4.79 Å². The van der Waals surface area contributed by atoms with Crippen molar-refractivity contribution >= 4 is 29.1 Å². The summed E-state index contributed by atoms with van der Waals surface area (Å²) in [6.07, 6.45) is 1.63. The first kappa shape index (κ1) is 14.8. The van der Waals surface area contributed by atoms with Gasteiger partial charge in [-0.15, -0.1) is 12.4 Å². The van der Waals surface area contributed by atoms with Crippen LogP contribution >= 0.6 is 12.4 Å².